The molecule has 0 saturated heterocycles. The number of amides is 2. The van der Waals surface area contributed by atoms with E-state index >= 15 is 0 Å². The summed E-state index contributed by atoms with van der Waals surface area (Å²) in [5.74, 6) is -1.69. The normalized spacial score (nSPS) is 19.2. The smallest absolute Gasteiger partial charge is 0.244 e. The quantitative estimate of drug-likeness (QED) is 0.296. The maximum Gasteiger partial charge on any atom is 0.244 e. The number of aliphatic hydroxyl groups excluding tert-OH is 1. The third kappa shape index (κ3) is 4.45. The van der Waals surface area contributed by atoms with E-state index < -0.39 is 24.0 Å². The molecule has 0 fully saturated rings. The second-order valence-electron chi connectivity index (χ2n) is 6.84. The topological polar surface area (TPSA) is 125 Å². The zero-order valence-corrected chi connectivity index (χ0v) is 14.8. The van der Waals surface area contributed by atoms with Crippen molar-refractivity contribution in [1.82, 2.24) is 10.8 Å². The molecule has 6 N–H and O–H groups in total. The SMILES string of the molecule is Nc1ccc(C[C@H](CC(=O)NO)C(=O)N[C@H]2c3ccccc3C[C@H]2O)cc1. The number of hydroxylamine groups is 1. The zero-order valence-electron chi connectivity index (χ0n) is 14.8. The maximum absolute atomic E-state index is 12.9. The number of fused-ring (bicyclic) bond motifs is 1. The van der Waals surface area contributed by atoms with Gasteiger partial charge in [0, 0.05) is 18.5 Å². The molecule has 1 aliphatic rings. The van der Waals surface area contributed by atoms with E-state index in [2.05, 4.69) is 5.32 Å². The van der Waals surface area contributed by atoms with Crippen LogP contribution in [0.3, 0.4) is 0 Å². The van der Waals surface area contributed by atoms with Crippen LogP contribution in [0.2, 0.25) is 0 Å². The molecule has 3 rings (SSSR count). The van der Waals surface area contributed by atoms with Crippen LogP contribution in [0.25, 0.3) is 0 Å². The molecule has 142 valence electrons. The number of nitrogens with one attached hydrogen (secondary N) is 2. The lowest BCUT2D eigenvalue weighted by Gasteiger charge is -2.22. The Kier molecular flexibility index (Phi) is 5.73. The summed E-state index contributed by atoms with van der Waals surface area (Å²) < 4.78 is 0. The number of rotatable bonds is 6. The molecule has 0 radical (unpaired) electrons. The van der Waals surface area contributed by atoms with E-state index in [0.29, 0.717) is 18.5 Å². The molecule has 1 aliphatic carbocycles. The van der Waals surface area contributed by atoms with Crippen LogP contribution in [-0.4, -0.2) is 28.2 Å². The summed E-state index contributed by atoms with van der Waals surface area (Å²) >= 11 is 0. The van der Waals surface area contributed by atoms with Crippen molar-refractivity contribution in [2.75, 3.05) is 5.73 Å². The molecule has 0 bridgehead atoms. The van der Waals surface area contributed by atoms with E-state index in [-0.39, 0.29) is 12.3 Å². The molecule has 3 atom stereocenters. The molecular formula is C20H23N3O4. The van der Waals surface area contributed by atoms with Crippen LogP contribution >= 0.6 is 0 Å². The van der Waals surface area contributed by atoms with Crippen LogP contribution in [0.15, 0.2) is 48.5 Å². The highest BCUT2D eigenvalue weighted by molar-refractivity contribution is 5.86. The van der Waals surface area contributed by atoms with Gasteiger partial charge in [0.15, 0.2) is 0 Å². The Morgan fingerprint density at radius 2 is 1.85 bits per heavy atom. The minimum absolute atomic E-state index is 0.169. The number of carbonyl (C=O) groups is 2. The van der Waals surface area contributed by atoms with Gasteiger partial charge >= 0.3 is 0 Å². The van der Waals surface area contributed by atoms with Gasteiger partial charge in [0.1, 0.15) is 0 Å². The molecule has 2 amide bonds. The van der Waals surface area contributed by atoms with E-state index in [9.17, 15) is 14.7 Å². The van der Waals surface area contributed by atoms with Gasteiger partial charge in [-0.2, -0.15) is 0 Å². The summed E-state index contributed by atoms with van der Waals surface area (Å²) in [6.07, 6.45) is -0.0996. The van der Waals surface area contributed by atoms with Gasteiger partial charge in [0.05, 0.1) is 18.1 Å². The van der Waals surface area contributed by atoms with Gasteiger partial charge in [-0.25, -0.2) is 5.48 Å². The Morgan fingerprint density at radius 3 is 2.56 bits per heavy atom. The second-order valence-corrected chi connectivity index (χ2v) is 6.84. The number of hydrogen-bond donors (Lipinski definition) is 5. The van der Waals surface area contributed by atoms with E-state index in [4.69, 9.17) is 10.9 Å². The largest absolute Gasteiger partial charge is 0.399 e. The maximum atomic E-state index is 12.9. The van der Waals surface area contributed by atoms with Crippen LogP contribution in [0.5, 0.6) is 0 Å². The van der Waals surface area contributed by atoms with Crippen molar-refractivity contribution in [3.8, 4) is 0 Å². The van der Waals surface area contributed by atoms with Crippen LogP contribution < -0.4 is 16.5 Å². The number of anilines is 1. The van der Waals surface area contributed by atoms with Crippen molar-refractivity contribution in [3.05, 3.63) is 65.2 Å². The summed E-state index contributed by atoms with van der Waals surface area (Å²) in [6, 6.07) is 14.1. The molecule has 0 aromatic heterocycles. The van der Waals surface area contributed by atoms with E-state index in [1.807, 2.05) is 24.3 Å². The molecule has 0 unspecified atom stereocenters. The molecule has 0 spiro atoms. The molecule has 0 saturated carbocycles. The summed E-state index contributed by atoms with van der Waals surface area (Å²) in [6.45, 7) is 0. The molecule has 7 heteroatoms. The number of nitrogen functional groups attached to an aromatic ring is 1. The van der Waals surface area contributed by atoms with Crippen molar-refractivity contribution in [2.45, 2.75) is 31.4 Å². The molecule has 0 heterocycles. The van der Waals surface area contributed by atoms with Crippen molar-refractivity contribution in [3.63, 3.8) is 0 Å². The predicted molar refractivity (Wildman–Crippen MR) is 99.6 cm³/mol. The highest BCUT2D eigenvalue weighted by Gasteiger charge is 2.34. The Bertz CT molecular complexity index is 822. The van der Waals surface area contributed by atoms with E-state index in [1.54, 1.807) is 29.7 Å². The zero-order chi connectivity index (χ0) is 19.4. The summed E-state index contributed by atoms with van der Waals surface area (Å²) in [5, 5.41) is 22.0. The van der Waals surface area contributed by atoms with Crippen molar-refractivity contribution < 1.29 is 19.9 Å². The van der Waals surface area contributed by atoms with Crippen molar-refractivity contribution >= 4 is 17.5 Å². The van der Waals surface area contributed by atoms with E-state index in [1.165, 1.54) is 0 Å². The molecule has 7 nitrogen and oxygen atoms in total. The third-order valence-electron chi connectivity index (χ3n) is 4.89. The number of hydrogen-bond acceptors (Lipinski definition) is 5. The average molecular weight is 369 g/mol. The van der Waals surface area contributed by atoms with Gasteiger partial charge in [0.2, 0.25) is 11.8 Å². The summed E-state index contributed by atoms with van der Waals surface area (Å²) in [4.78, 5) is 24.5. The molecule has 0 aliphatic heterocycles. The summed E-state index contributed by atoms with van der Waals surface area (Å²) in [7, 11) is 0. The van der Waals surface area contributed by atoms with Crippen LogP contribution in [-0.2, 0) is 22.4 Å². The van der Waals surface area contributed by atoms with Gasteiger partial charge in [-0.15, -0.1) is 0 Å². The van der Waals surface area contributed by atoms with Crippen LogP contribution in [0, 0.1) is 5.92 Å². The lowest BCUT2D eigenvalue weighted by molar-refractivity contribution is -0.135. The molecule has 2 aromatic rings. The first-order chi connectivity index (χ1) is 13.0. The Balaban J connectivity index is 1.76. The molecular weight excluding hydrogens is 346 g/mol. The monoisotopic (exact) mass is 369 g/mol. The van der Waals surface area contributed by atoms with Gasteiger partial charge < -0.3 is 16.2 Å². The highest BCUT2D eigenvalue weighted by atomic mass is 16.5. The van der Waals surface area contributed by atoms with Gasteiger partial charge in [-0.3, -0.25) is 14.8 Å². The minimum Gasteiger partial charge on any atom is -0.399 e. The summed E-state index contributed by atoms with van der Waals surface area (Å²) in [5.41, 5.74) is 10.6. The predicted octanol–water partition coefficient (Wildman–Crippen LogP) is 1.10. The first-order valence-corrected chi connectivity index (χ1v) is 8.81. The Hall–Kier alpha value is -2.90. The molecule has 27 heavy (non-hydrogen) atoms. The fourth-order valence-electron chi connectivity index (χ4n) is 3.48. The minimum atomic E-state index is -0.713. The fraction of sp³-hybridized carbons (Fsp3) is 0.300. The van der Waals surface area contributed by atoms with E-state index in [0.717, 1.165) is 16.7 Å². The second kappa shape index (κ2) is 8.20. The first-order valence-electron chi connectivity index (χ1n) is 8.81. The number of benzene rings is 2. The Morgan fingerprint density at radius 1 is 1.15 bits per heavy atom. The molecule has 2 aromatic carbocycles. The third-order valence-corrected chi connectivity index (χ3v) is 4.89. The van der Waals surface area contributed by atoms with Gasteiger partial charge in [0.25, 0.3) is 0 Å². The van der Waals surface area contributed by atoms with Gasteiger partial charge in [-0.1, -0.05) is 36.4 Å². The first kappa shape index (κ1) is 18.9. The lowest BCUT2D eigenvalue weighted by Crippen LogP contribution is -2.40. The number of aliphatic hydroxyl groups is 1. The van der Waals surface area contributed by atoms with Crippen LogP contribution in [0.4, 0.5) is 5.69 Å². The fourth-order valence-corrected chi connectivity index (χ4v) is 3.48. The Labute approximate surface area is 157 Å². The van der Waals surface area contributed by atoms with Crippen LogP contribution in [0.1, 0.15) is 29.2 Å². The standard InChI is InChI=1S/C20H23N3O4/c21-15-7-5-12(6-8-15)9-14(11-18(25)23-27)20(26)22-19-16-4-2-1-3-13(16)10-17(19)24/h1-8,14,17,19,24,27H,9-11,21H2,(H,22,26)(H,23,25)/t14-,17-,19+/m1/s1. The lowest BCUT2D eigenvalue weighted by atomic mass is 9.94. The average Bonchev–Trinajstić information content (AvgIpc) is 2.98. The number of nitrogens with two attached hydrogens (primary N) is 1. The van der Waals surface area contributed by atoms with Crippen molar-refractivity contribution in [2.24, 2.45) is 5.92 Å². The van der Waals surface area contributed by atoms with Gasteiger partial charge in [-0.05, 0) is 35.2 Å². The highest BCUT2D eigenvalue weighted by Crippen LogP contribution is 2.31. The number of carbonyl (C=O) groups excluding carboxylic acids is 2. The van der Waals surface area contributed by atoms with Crippen molar-refractivity contribution in [1.29, 1.82) is 0 Å².